The fraction of sp³-hybridized carbons (Fsp3) is 0.200. The zero-order valence-electron chi connectivity index (χ0n) is 11.8. The van der Waals surface area contributed by atoms with E-state index >= 15 is 0 Å². The highest BCUT2D eigenvalue weighted by atomic mass is 19.4. The smallest absolute Gasteiger partial charge is 0.433 e. The Morgan fingerprint density at radius 2 is 2.05 bits per heavy atom. The molecule has 1 heterocycles. The van der Waals surface area contributed by atoms with Gasteiger partial charge >= 0.3 is 6.18 Å². The Labute approximate surface area is 125 Å². The lowest BCUT2D eigenvalue weighted by atomic mass is 10.1. The average molecular weight is 309 g/mol. The van der Waals surface area contributed by atoms with Crippen LogP contribution < -0.4 is 10.1 Å². The lowest BCUT2D eigenvalue weighted by Crippen LogP contribution is -2.12. The maximum Gasteiger partial charge on any atom is 0.433 e. The molecule has 1 N–H and O–H groups in total. The summed E-state index contributed by atoms with van der Waals surface area (Å²) in [6.07, 6.45) is -3.05. The van der Waals surface area contributed by atoms with Gasteiger partial charge in [0.05, 0.1) is 12.8 Å². The minimum atomic E-state index is -4.55. The molecule has 2 aromatic rings. The molecule has 0 aliphatic carbocycles. The molecule has 1 aromatic heterocycles. The minimum Gasteiger partial charge on any atom is -0.497 e. The zero-order valence-corrected chi connectivity index (χ0v) is 11.8. The second-order valence-electron chi connectivity index (χ2n) is 4.36. The van der Waals surface area contributed by atoms with E-state index in [-0.39, 0.29) is 18.2 Å². The number of hydrogen-bond donors (Lipinski definition) is 1. The van der Waals surface area contributed by atoms with Gasteiger partial charge in [0.15, 0.2) is 5.69 Å². The average Bonchev–Trinajstić information content (AvgIpc) is 2.52. The molecule has 0 radical (unpaired) electrons. The van der Waals surface area contributed by atoms with Gasteiger partial charge in [-0.2, -0.15) is 13.2 Å². The molecule has 116 valence electrons. The van der Waals surface area contributed by atoms with E-state index < -0.39 is 11.9 Å². The second kappa shape index (κ2) is 6.46. The van der Waals surface area contributed by atoms with Crippen LogP contribution in [0.3, 0.4) is 0 Å². The van der Waals surface area contributed by atoms with Crippen molar-refractivity contribution in [2.24, 2.45) is 0 Å². The summed E-state index contributed by atoms with van der Waals surface area (Å²) in [6, 6.07) is 7.56. The van der Waals surface area contributed by atoms with Gasteiger partial charge in [-0.05, 0) is 18.2 Å². The minimum absolute atomic E-state index is 0.104. The predicted octanol–water partition coefficient (Wildman–Crippen LogP) is 3.77. The van der Waals surface area contributed by atoms with Crippen LogP contribution in [0.15, 0.2) is 43.0 Å². The molecule has 0 bridgehead atoms. The van der Waals surface area contributed by atoms with E-state index in [9.17, 15) is 13.2 Å². The summed E-state index contributed by atoms with van der Waals surface area (Å²) < 4.78 is 44.0. The number of methoxy groups -OCH3 is 1. The first kappa shape index (κ1) is 15.8. The van der Waals surface area contributed by atoms with Crippen LogP contribution in [0, 0.1) is 0 Å². The molecular weight excluding hydrogens is 295 g/mol. The van der Waals surface area contributed by atoms with Crippen molar-refractivity contribution in [1.29, 1.82) is 0 Å². The van der Waals surface area contributed by atoms with Crippen LogP contribution in [-0.2, 0) is 6.18 Å². The number of hydrogen-bond acceptors (Lipinski definition) is 4. The Bertz CT molecular complexity index is 671. The van der Waals surface area contributed by atoms with E-state index in [0.717, 1.165) is 6.07 Å². The lowest BCUT2D eigenvalue weighted by Gasteiger charge is -2.11. The van der Waals surface area contributed by atoms with Crippen molar-refractivity contribution >= 4 is 5.95 Å². The van der Waals surface area contributed by atoms with Gasteiger partial charge in [-0.25, -0.2) is 9.97 Å². The molecule has 0 amide bonds. The third-order valence-electron chi connectivity index (χ3n) is 2.79. The molecular formula is C15H14F3N3O. The maximum atomic E-state index is 13.0. The van der Waals surface area contributed by atoms with Crippen molar-refractivity contribution in [1.82, 2.24) is 9.97 Å². The van der Waals surface area contributed by atoms with Crippen molar-refractivity contribution in [3.63, 3.8) is 0 Å². The van der Waals surface area contributed by atoms with Crippen LogP contribution in [0.4, 0.5) is 19.1 Å². The van der Waals surface area contributed by atoms with Crippen LogP contribution in [-0.4, -0.2) is 23.6 Å². The van der Waals surface area contributed by atoms with Crippen molar-refractivity contribution in [3.05, 3.63) is 48.7 Å². The first-order chi connectivity index (χ1) is 10.4. The van der Waals surface area contributed by atoms with Crippen LogP contribution in [0.2, 0.25) is 0 Å². The maximum absolute atomic E-state index is 13.0. The molecule has 0 saturated carbocycles. The lowest BCUT2D eigenvalue weighted by molar-refractivity contribution is -0.141. The first-order valence-corrected chi connectivity index (χ1v) is 6.39. The Kier molecular flexibility index (Phi) is 4.65. The third kappa shape index (κ3) is 3.75. The molecule has 22 heavy (non-hydrogen) atoms. The van der Waals surface area contributed by atoms with E-state index in [1.54, 1.807) is 24.3 Å². The summed E-state index contributed by atoms with van der Waals surface area (Å²) in [7, 11) is 1.48. The third-order valence-corrected chi connectivity index (χ3v) is 2.79. The number of nitrogens with one attached hydrogen (secondary N) is 1. The van der Waals surface area contributed by atoms with Gasteiger partial charge in [-0.3, -0.25) is 0 Å². The molecule has 7 heteroatoms. The highest BCUT2D eigenvalue weighted by Gasteiger charge is 2.33. The van der Waals surface area contributed by atoms with Crippen molar-refractivity contribution in [3.8, 4) is 17.0 Å². The molecule has 0 spiro atoms. The van der Waals surface area contributed by atoms with Gasteiger partial charge < -0.3 is 10.1 Å². The number of anilines is 1. The van der Waals surface area contributed by atoms with Gasteiger partial charge in [0.25, 0.3) is 0 Å². The van der Waals surface area contributed by atoms with Crippen LogP contribution in [0.25, 0.3) is 11.3 Å². The number of rotatable bonds is 5. The predicted molar refractivity (Wildman–Crippen MR) is 77.7 cm³/mol. The molecule has 0 aliphatic heterocycles. The summed E-state index contributed by atoms with van der Waals surface area (Å²) >= 11 is 0. The molecule has 0 fully saturated rings. The van der Waals surface area contributed by atoms with E-state index in [1.165, 1.54) is 13.2 Å². The normalized spacial score (nSPS) is 11.1. The Hall–Kier alpha value is -2.57. The highest BCUT2D eigenvalue weighted by Crippen LogP contribution is 2.31. The van der Waals surface area contributed by atoms with Gasteiger partial charge in [0.2, 0.25) is 5.95 Å². The summed E-state index contributed by atoms with van der Waals surface area (Å²) in [4.78, 5) is 7.59. The van der Waals surface area contributed by atoms with Gasteiger partial charge in [-0.15, -0.1) is 6.58 Å². The monoisotopic (exact) mass is 309 g/mol. The molecule has 4 nitrogen and oxygen atoms in total. The number of nitrogens with zero attached hydrogens (tertiary/aromatic N) is 2. The number of halogens is 3. The fourth-order valence-electron chi connectivity index (χ4n) is 1.77. The Morgan fingerprint density at radius 3 is 2.68 bits per heavy atom. The zero-order chi connectivity index (χ0) is 16.2. The second-order valence-corrected chi connectivity index (χ2v) is 4.36. The topological polar surface area (TPSA) is 47.0 Å². The number of alkyl halides is 3. The molecule has 0 unspecified atom stereocenters. The molecule has 0 atom stereocenters. The van der Waals surface area contributed by atoms with Gasteiger partial charge in [-0.1, -0.05) is 18.2 Å². The summed E-state index contributed by atoms with van der Waals surface area (Å²) in [5, 5.41) is 2.67. The molecule has 2 rings (SSSR count). The summed E-state index contributed by atoms with van der Waals surface area (Å²) in [6.45, 7) is 3.76. The highest BCUT2D eigenvalue weighted by molar-refractivity contribution is 5.63. The van der Waals surface area contributed by atoms with Crippen LogP contribution in [0.1, 0.15) is 5.69 Å². The van der Waals surface area contributed by atoms with E-state index in [1.807, 2.05) is 0 Å². The van der Waals surface area contributed by atoms with Crippen molar-refractivity contribution in [2.75, 3.05) is 19.0 Å². The SMILES string of the molecule is C=CCNc1nc(-c2cccc(OC)c2)cc(C(F)(F)F)n1. The van der Waals surface area contributed by atoms with Crippen LogP contribution >= 0.6 is 0 Å². The number of ether oxygens (including phenoxy) is 1. The molecule has 0 aliphatic rings. The fourth-order valence-corrected chi connectivity index (χ4v) is 1.77. The van der Waals surface area contributed by atoms with E-state index in [0.29, 0.717) is 11.3 Å². The van der Waals surface area contributed by atoms with Crippen molar-refractivity contribution in [2.45, 2.75) is 6.18 Å². The largest absolute Gasteiger partial charge is 0.497 e. The van der Waals surface area contributed by atoms with Crippen molar-refractivity contribution < 1.29 is 17.9 Å². The first-order valence-electron chi connectivity index (χ1n) is 6.39. The number of benzene rings is 1. The standard InChI is InChI=1S/C15H14F3N3O/c1-3-7-19-14-20-12(9-13(21-14)15(16,17)18)10-5-4-6-11(8-10)22-2/h3-6,8-9H,1,7H2,2H3,(H,19,20,21). The Balaban J connectivity index is 2.51. The summed E-state index contributed by atoms with van der Waals surface area (Å²) in [5.74, 6) is 0.429. The van der Waals surface area contributed by atoms with E-state index in [2.05, 4.69) is 21.9 Å². The van der Waals surface area contributed by atoms with Gasteiger partial charge in [0.1, 0.15) is 5.75 Å². The molecule has 0 saturated heterocycles. The quantitative estimate of drug-likeness (QED) is 0.854. The van der Waals surface area contributed by atoms with Gasteiger partial charge in [0, 0.05) is 12.1 Å². The number of aromatic nitrogens is 2. The molecule has 1 aromatic carbocycles. The summed E-state index contributed by atoms with van der Waals surface area (Å²) in [5.41, 5.74) is -0.339. The van der Waals surface area contributed by atoms with E-state index in [4.69, 9.17) is 4.74 Å². The Morgan fingerprint density at radius 1 is 1.27 bits per heavy atom. The van der Waals surface area contributed by atoms with Crippen LogP contribution in [0.5, 0.6) is 5.75 Å².